The molecule has 0 saturated carbocycles. The maximum absolute atomic E-state index is 11.6. The molecule has 1 N–H and O–H groups in total. The third-order valence-corrected chi connectivity index (χ3v) is 1.89. The molecule has 0 fully saturated rings. The third kappa shape index (κ3) is 3.42. The first kappa shape index (κ1) is 12.9. The smallest absolute Gasteiger partial charge is 0.341 e. The Bertz CT molecular complexity index is 425. The number of rotatable bonds is 5. The summed E-state index contributed by atoms with van der Waals surface area (Å²) in [5, 5.41) is 8.50. The minimum Gasteiger partial charge on any atom is -0.458 e. The van der Waals surface area contributed by atoms with Crippen LogP contribution in [-0.2, 0) is 9.47 Å². The summed E-state index contributed by atoms with van der Waals surface area (Å²) in [6.07, 6.45) is 1.42. The Morgan fingerprint density at radius 2 is 1.71 bits per heavy atom. The first-order chi connectivity index (χ1) is 8.20. The molecule has 0 aliphatic heterocycles. The van der Waals surface area contributed by atoms with E-state index in [-0.39, 0.29) is 17.7 Å². The summed E-state index contributed by atoms with van der Waals surface area (Å²) >= 11 is 0. The van der Waals surface area contributed by atoms with Crippen LogP contribution in [0.2, 0.25) is 0 Å². The lowest BCUT2D eigenvalue weighted by molar-refractivity contribution is 0.00640. The van der Waals surface area contributed by atoms with Gasteiger partial charge in [-0.1, -0.05) is 24.8 Å². The fraction of sp³-hybridized carbons (Fsp3) is 0.167. The van der Waals surface area contributed by atoms with E-state index in [9.17, 15) is 9.59 Å². The number of carbonyl (C=O) groups excluding carboxylic acids is 2. The van der Waals surface area contributed by atoms with Crippen molar-refractivity contribution in [2.24, 2.45) is 0 Å². The van der Waals surface area contributed by atoms with Crippen LogP contribution in [0.15, 0.2) is 36.9 Å². The van der Waals surface area contributed by atoms with Crippen molar-refractivity contribution in [3.8, 4) is 0 Å². The lowest BCUT2D eigenvalue weighted by atomic mass is 10.1. The van der Waals surface area contributed by atoms with E-state index in [2.05, 4.69) is 11.3 Å². The number of carbonyl (C=O) groups is 2. The van der Waals surface area contributed by atoms with Crippen molar-refractivity contribution < 1.29 is 24.2 Å². The molecule has 0 saturated heterocycles. The highest BCUT2D eigenvalue weighted by Gasteiger charge is 2.18. The minimum atomic E-state index is -0.779. The fourth-order valence-electron chi connectivity index (χ4n) is 1.19. The van der Waals surface area contributed by atoms with Crippen LogP contribution in [0.5, 0.6) is 0 Å². The van der Waals surface area contributed by atoms with Crippen molar-refractivity contribution in [3.05, 3.63) is 48.0 Å². The number of hydrogen-bond donors (Lipinski definition) is 1. The molecule has 1 rings (SSSR count). The van der Waals surface area contributed by atoms with Crippen LogP contribution in [0.25, 0.3) is 0 Å². The van der Waals surface area contributed by atoms with Crippen LogP contribution in [-0.4, -0.2) is 30.4 Å². The summed E-state index contributed by atoms with van der Waals surface area (Å²) in [5.41, 5.74) is 0.142. The average Bonchev–Trinajstić information content (AvgIpc) is 2.36. The highest BCUT2D eigenvalue weighted by Crippen LogP contribution is 2.11. The molecule has 0 aliphatic rings. The van der Waals surface area contributed by atoms with Gasteiger partial charge in [0, 0.05) is 0 Å². The van der Waals surface area contributed by atoms with Gasteiger partial charge in [0.15, 0.2) is 6.79 Å². The van der Waals surface area contributed by atoms with Crippen LogP contribution in [0.3, 0.4) is 0 Å². The van der Waals surface area contributed by atoms with Crippen molar-refractivity contribution in [1.82, 2.24) is 0 Å². The second-order valence-corrected chi connectivity index (χ2v) is 2.99. The molecule has 0 radical (unpaired) electrons. The van der Waals surface area contributed by atoms with E-state index in [1.165, 1.54) is 18.2 Å². The maximum Gasteiger partial charge on any atom is 0.341 e. The number of benzene rings is 1. The van der Waals surface area contributed by atoms with Crippen LogP contribution < -0.4 is 0 Å². The van der Waals surface area contributed by atoms with E-state index in [4.69, 9.17) is 9.84 Å². The predicted octanol–water partition coefficient (Wildman–Crippen LogP) is 1.14. The minimum absolute atomic E-state index is 0.0515. The zero-order valence-electron chi connectivity index (χ0n) is 9.09. The van der Waals surface area contributed by atoms with Gasteiger partial charge in [-0.05, 0) is 12.1 Å². The van der Waals surface area contributed by atoms with Crippen molar-refractivity contribution >= 4 is 11.9 Å². The molecule has 0 amide bonds. The first-order valence-electron chi connectivity index (χ1n) is 4.85. The summed E-state index contributed by atoms with van der Waals surface area (Å²) in [7, 11) is 0. The van der Waals surface area contributed by atoms with E-state index >= 15 is 0 Å². The van der Waals surface area contributed by atoms with Gasteiger partial charge in [-0.25, -0.2) is 9.59 Å². The molecule has 0 aromatic heterocycles. The van der Waals surface area contributed by atoms with Crippen molar-refractivity contribution in [2.75, 3.05) is 13.4 Å². The Morgan fingerprint density at radius 3 is 2.18 bits per heavy atom. The molecule has 17 heavy (non-hydrogen) atoms. The van der Waals surface area contributed by atoms with Crippen LogP contribution in [0.4, 0.5) is 0 Å². The van der Waals surface area contributed by atoms with Gasteiger partial charge in [-0.3, -0.25) is 0 Å². The quantitative estimate of drug-likeness (QED) is 0.471. The van der Waals surface area contributed by atoms with Gasteiger partial charge in [-0.2, -0.15) is 0 Å². The molecule has 5 nitrogen and oxygen atoms in total. The van der Waals surface area contributed by atoms with Crippen LogP contribution in [0, 0.1) is 0 Å². The standard InChI is InChI=1S/C12H12O5/c1-2-7-16-11(14)9-5-3-4-6-10(9)12(15)17-8-13/h2-6,13H,1,7-8H2. The van der Waals surface area contributed by atoms with Crippen molar-refractivity contribution in [1.29, 1.82) is 0 Å². The molecule has 90 valence electrons. The van der Waals surface area contributed by atoms with E-state index in [0.29, 0.717) is 0 Å². The molecular formula is C12H12O5. The molecule has 0 unspecified atom stereocenters. The van der Waals surface area contributed by atoms with Crippen molar-refractivity contribution in [2.45, 2.75) is 0 Å². The average molecular weight is 236 g/mol. The third-order valence-electron chi connectivity index (χ3n) is 1.89. The molecule has 1 aromatic carbocycles. The molecule has 0 spiro atoms. The number of aliphatic hydroxyl groups excluding tert-OH is 1. The zero-order valence-corrected chi connectivity index (χ0v) is 9.09. The topological polar surface area (TPSA) is 72.8 Å². The Balaban J connectivity index is 2.94. The second-order valence-electron chi connectivity index (χ2n) is 2.99. The number of aliphatic hydroxyl groups is 1. The molecule has 0 bridgehead atoms. The van der Waals surface area contributed by atoms with Gasteiger partial charge in [0.2, 0.25) is 0 Å². The van der Waals surface area contributed by atoms with E-state index < -0.39 is 18.7 Å². The van der Waals surface area contributed by atoms with Gasteiger partial charge in [0.25, 0.3) is 0 Å². The van der Waals surface area contributed by atoms with Gasteiger partial charge in [0.1, 0.15) is 6.61 Å². The lowest BCUT2D eigenvalue weighted by Gasteiger charge is -2.07. The number of ether oxygens (including phenoxy) is 2. The number of esters is 2. The number of hydrogen-bond acceptors (Lipinski definition) is 5. The summed E-state index contributed by atoms with van der Waals surface area (Å²) in [6.45, 7) is 2.73. The van der Waals surface area contributed by atoms with Crippen molar-refractivity contribution in [3.63, 3.8) is 0 Å². The summed E-state index contributed by atoms with van der Waals surface area (Å²) in [6, 6.07) is 6.04. The Labute approximate surface area is 98.3 Å². The SMILES string of the molecule is C=CCOC(=O)c1ccccc1C(=O)OCO. The lowest BCUT2D eigenvalue weighted by Crippen LogP contribution is -2.14. The summed E-state index contributed by atoms with van der Waals surface area (Å²) in [5.74, 6) is -1.42. The fourth-order valence-corrected chi connectivity index (χ4v) is 1.19. The highest BCUT2D eigenvalue weighted by atomic mass is 16.6. The van der Waals surface area contributed by atoms with E-state index in [1.807, 2.05) is 0 Å². The first-order valence-corrected chi connectivity index (χ1v) is 4.85. The second kappa shape index (κ2) is 6.44. The maximum atomic E-state index is 11.6. The molecule has 5 heteroatoms. The van der Waals surface area contributed by atoms with E-state index in [0.717, 1.165) is 0 Å². The zero-order chi connectivity index (χ0) is 12.7. The monoisotopic (exact) mass is 236 g/mol. The van der Waals surface area contributed by atoms with Gasteiger partial charge >= 0.3 is 11.9 Å². The molecule has 0 heterocycles. The molecular weight excluding hydrogens is 224 g/mol. The highest BCUT2D eigenvalue weighted by molar-refractivity contribution is 6.03. The Morgan fingerprint density at radius 1 is 1.18 bits per heavy atom. The summed E-state index contributed by atoms with van der Waals surface area (Å²) < 4.78 is 9.23. The van der Waals surface area contributed by atoms with Gasteiger partial charge in [-0.15, -0.1) is 0 Å². The molecule has 0 aliphatic carbocycles. The predicted molar refractivity (Wildman–Crippen MR) is 59.4 cm³/mol. The molecule has 0 atom stereocenters. The van der Waals surface area contributed by atoms with Gasteiger partial charge in [0.05, 0.1) is 11.1 Å². The largest absolute Gasteiger partial charge is 0.458 e. The summed E-state index contributed by atoms with van der Waals surface area (Å²) in [4.78, 5) is 23.0. The normalized spacial score (nSPS) is 9.47. The Hall–Kier alpha value is -2.14. The molecule has 1 aromatic rings. The van der Waals surface area contributed by atoms with E-state index in [1.54, 1.807) is 12.1 Å². The van der Waals surface area contributed by atoms with Crippen LogP contribution in [0.1, 0.15) is 20.7 Å². The Kier molecular flexibility index (Phi) is 4.90. The van der Waals surface area contributed by atoms with Gasteiger partial charge < -0.3 is 14.6 Å². The van der Waals surface area contributed by atoms with Crippen LogP contribution >= 0.6 is 0 Å².